The van der Waals surface area contributed by atoms with Crippen molar-refractivity contribution in [1.82, 2.24) is 10.2 Å². The summed E-state index contributed by atoms with van der Waals surface area (Å²) in [5.74, 6) is 0.344. The Kier molecular flexibility index (Phi) is 7.24. The van der Waals surface area contributed by atoms with E-state index in [-0.39, 0.29) is 23.8 Å². The Morgan fingerprint density at radius 1 is 1.11 bits per heavy atom. The molecule has 0 bridgehead atoms. The largest absolute Gasteiger partial charge is 0.381 e. The summed E-state index contributed by atoms with van der Waals surface area (Å²) >= 11 is 0. The maximum absolute atomic E-state index is 12.4. The Labute approximate surface area is 161 Å². The predicted molar refractivity (Wildman–Crippen MR) is 104 cm³/mol. The number of benzene rings is 1. The van der Waals surface area contributed by atoms with E-state index in [4.69, 9.17) is 10.5 Å². The molecule has 27 heavy (non-hydrogen) atoms. The molecule has 0 saturated carbocycles. The minimum atomic E-state index is -0.459. The fourth-order valence-electron chi connectivity index (χ4n) is 3.91. The van der Waals surface area contributed by atoms with Crippen molar-refractivity contribution in [3.63, 3.8) is 0 Å². The van der Waals surface area contributed by atoms with Gasteiger partial charge in [0.05, 0.1) is 6.04 Å². The molecule has 2 fully saturated rings. The number of piperidine rings is 1. The zero-order chi connectivity index (χ0) is 19.1. The van der Waals surface area contributed by atoms with Gasteiger partial charge in [0, 0.05) is 38.8 Å². The van der Waals surface area contributed by atoms with Crippen LogP contribution in [-0.2, 0) is 20.7 Å². The molecule has 2 saturated heterocycles. The Balaban J connectivity index is 1.38. The van der Waals surface area contributed by atoms with E-state index in [0.29, 0.717) is 32.7 Å². The number of hydrogen-bond acceptors (Lipinski definition) is 4. The monoisotopic (exact) mass is 373 g/mol. The summed E-state index contributed by atoms with van der Waals surface area (Å²) in [4.78, 5) is 26.8. The summed E-state index contributed by atoms with van der Waals surface area (Å²) < 4.78 is 5.34. The highest BCUT2D eigenvalue weighted by Gasteiger charge is 2.29. The Hall–Kier alpha value is -1.92. The number of amides is 2. The minimum absolute atomic E-state index is 0.0595. The second kappa shape index (κ2) is 9.85. The molecule has 6 nitrogen and oxygen atoms in total. The van der Waals surface area contributed by atoms with Crippen molar-refractivity contribution in [2.75, 3.05) is 26.3 Å². The lowest BCUT2D eigenvalue weighted by Gasteiger charge is -2.34. The zero-order valence-corrected chi connectivity index (χ0v) is 15.9. The zero-order valence-electron chi connectivity index (χ0n) is 15.9. The molecular weight excluding hydrogens is 342 g/mol. The molecule has 2 aliphatic heterocycles. The van der Waals surface area contributed by atoms with Gasteiger partial charge in [0.2, 0.25) is 11.8 Å². The number of nitrogens with one attached hydrogen (secondary N) is 1. The van der Waals surface area contributed by atoms with E-state index in [9.17, 15) is 9.59 Å². The van der Waals surface area contributed by atoms with Gasteiger partial charge in [-0.25, -0.2) is 0 Å². The number of likely N-dealkylation sites (tertiary alicyclic amines) is 1. The molecule has 1 unspecified atom stereocenters. The lowest BCUT2D eigenvalue weighted by molar-refractivity contribution is -0.132. The predicted octanol–water partition coefficient (Wildman–Crippen LogP) is 1.48. The van der Waals surface area contributed by atoms with Crippen molar-refractivity contribution in [3.8, 4) is 0 Å². The number of nitrogens with zero attached hydrogens (tertiary/aromatic N) is 1. The van der Waals surface area contributed by atoms with Crippen LogP contribution in [0.3, 0.4) is 0 Å². The molecule has 148 valence electrons. The SMILES string of the molecule is NC(C(=O)NC1CCN(C(=O)CCc2ccccc2)CC1)C1CCOCC1. The highest BCUT2D eigenvalue weighted by molar-refractivity contribution is 5.82. The Bertz CT molecular complexity index is 608. The van der Waals surface area contributed by atoms with E-state index in [1.54, 1.807) is 0 Å². The van der Waals surface area contributed by atoms with Gasteiger partial charge in [-0.05, 0) is 43.6 Å². The number of carbonyl (C=O) groups excluding carboxylic acids is 2. The van der Waals surface area contributed by atoms with Gasteiger partial charge in [-0.1, -0.05) is 30.3 Å². The summed E-state index contributed by atoms with van der Waals surface area (Å²) in [7, 11) is 0. The summed E-state index contributed by atoms with van der Waals surface area (Å²) in [6.45, 7) is 2.78. The quantitative estimate of drug-likeness (QED) is 0.791. The number of nitrogens with two attached hydrogens (primary N) is 1. The number of carbonyl (C=O) groups is 2. The van der Waals surface area contributed by atoms with Crippen LogP contribution >= 0.6 is 0 Å². The van der Waals surface area contributed by atoms with E-state index in [1.165, 1.54) is 5.56 Å². The van der Waals surface area contributed by atoms with Crippen LogP contribution in [0.4, 0.5) is 0 Å². The first-order valence-electron chi connectivity index (χ1n) is 10.1. The van der Waals surface area contributed by atoms with E-state index in [1.807, 2.05) is 23.1 Å². The van der Waals surface area contributed by atoms with Gasteiger partial charge in [-0.15, -0.1) is 0 Å². The van der Waals surface area contributed by atoms with Crippen molar-refractivity contribution >= 4 is 11.8 Å². The van der Waals surface area contributed by atoms with E-state index in [2.05, 4.69) is 17.4 Å². The first-order chi connectivity index (χ1) is 13.1. The van der Waals surface area contributed by atoms with Crippen LogP contribution in [0, 0.1) is 5.92 Å². The summed E-state index contributed by atoms with van der Waals surface area (Å²) in [6, 6.07) is 9.74. The average Bonchev–Trinajstić information content (AvgIpc) is 2.73. The third-order valence-electron chi connectivity index (χ3n) is 5.74. The van der Waals surface area contributed by atoms with Gasteiger partial charge >= 0.3 is 0 Å². The van der Waals surface area contributed by atoms with E-state index >= 15 is 0 Å². The Morgan fingerprint density at radius 3 is 2.44 bits per heavy atom. The van der Waals surface area contributed by atoms with Crippen LogP contribution in [0.25, 0.3) is 0 Å². The lowest BCUT2D eigenvalue weighted by atomic mass is 9.91. The number of ether oxygens (including phenoxy) is 1. The van der Waals surface area contributed by atoms with E-state index in [0.717, 1.165) is 32.1 Å². The summed E-state index contributed by atoms with van der Waals surface area (Å²) in [6.07, 6.45) is 4.60. The van der Waals surface area contributed by atoms with Crippen LogP contribution in [0.1, 0.15) is 37.7 Å². The van der Waals surface area contributed by atoms with Crippen molar-refractivity contribution in [1.29, 1.82) is 0 Å². The van der Waals surface area contributed by atoms with Crippen LogP contribution in [-0.4, -0.2) is 55.1 Å². The molecule has 0 radical (unpaired) electrons. The summed E-state index contributed by atoms with van der Waals surface area (Å²) in [5.41, 5.74) is 7.34. The van der Waals surface area contributed by atoms with Gasteiger partial charge in [0.1, 0.15) is 0 Å². The maximum Gasteiger partial charge on any atom is 0.237 e. The van der Waals surface area contributed by atoms with Crippen molar-refractivity contribution in [2.24, 2.45) is 11.7 Å². The standard InChI is InChI=1S/C21H31N3O3/c22-20(17-10-14-27-15-11-17)21(26)23-18-8-12-24(13-9-18)19(25)7-6-16-4-2-1-3-5-16/h1-5,17-18,20H,6-15,22H2,(H,23,26). The third-order valence-corrected chi connectivity index (χ3v) is 5.74. The molecule has 6 heteroatoms. The van der Waals surface area contributed by atoms with E-state index < -0.39 is 6.04 Å². The molecular formula is C21H31N3O3. The number of aryl methyl sites for hydroxylation is 1. The first-order valence-corrected chi connectivity index (χ1v) is 10.1. The molecule has 1 aromatic rings. The fraction of sp³-hybridized carbons (Fsp3) is 0.619. The molecule has 2 amide bonds. The topological polar surface area (TPSA) is 84.7 Å². The van der Waals surface area contributed by atoms with Gasteiger partial charge in [0.25, 0.3) is 0 Å². The minimum Gasteiger partial charge on any atom is -0.381 e. The number of rotatable bonds is 6. The van der Waals surface area contributed by atoms with Crippen LogP contribution in [0.15, 0.2) is 30.3 Å². The smallest absolute Gasteiger partial charge is 0.237 e. The average molecular weight is 373 g/mol. The lowest BCUT2D eigenvalue weighted by Crippen LogP contribution is -2.53. The molecule has 3 rings (SSSR count). The van der Waals surface area contributed by atoms with Crippen molar-refractivity contribution in [2.45, 2.75) is 50.6 Å². The molecule has 0 aliphatic carbocycles. The third kappa shape index (κ3) is 5.78. The van der Waals surface area contributed by atoms with Gasteiger partial charge in [-0.2, -0.15) is 0 Å². The molecule has 1 aromatic carbocycles. The second-order valence-electron chi connectivity index (χ2n) is 7.62. The normalized spacial score (nSPS) is 20.3. The molecule has 1 atom stereocenters. The Morgan fingerprint density at radius 2 is 1.78 bits per heavy atom. The highest BCUT2D eigenvalue weighted by Crippen LogP contribution is 2.19. The number of hydrogen-bond donors (Lipinski definition) is 2. The van der Waals surface area contributed by atoms with Crippen LogP contribution in [0.2, 0.25) is 0 Å². The van der Waals surface area contributed by atoms with Crippen LogP contribution < -0.4 is 11.1 Å². The maximum atomic E-state index is 12.4. The van der Waals surface area contributed by atoms with Gasteiger partial charge in [-0.3, -0.25) is 9.59 Å². The van der Waals surface area contributed by atoms with Crippen molar-refractivity contribution < 1.29 is 14.3 Å². The molecule has 3 N–H and O–H groups in total. The molecule has 2 aliphatic rings. The molecule has 0 aromatic heterocycles. The fourth-order valence-corrected chi connectivity index (χ4v) is 3.91. The van der Waals surface area contributed by atoms with Gasteiger partial charge in [0.15, 0.2) is 0 Å². The van der Waals surface area contributed by atoms with Crippen LogP contribution in [0.5, 0.6) is 0 Å². The highest BCUT2D eigenvalue weighted by atomic mass is 16.5. The van der Waals surface area contributed by atoms with Gasteiger partial charge < -0.3 is 20.7 Å². The second-order valence-corrected chi connectivity index (χ2v) is 7.62. The molecule has 0 spiro atoms. The molecule has 2 heterocycles. The van der Waals surface area contributed by atoms with Crippen molar-refractivity contribution in [3.05, 3.63) is 35.9 Å². The summed E-state index contributed by atoms with van der Waals surface area (Å²) in [5, 5.41) is 3.09. The first kappa shape index (κ1) is 19.8.